The molecule has 0 amide bonds. The van der Waals surface area contributed by atoms with Gasteiger partial charge in [0, 0.05) is 5.69 Å². The number of rotatable bonds is 3. The lowest BCUT2D eigenvalue weighted by atomic mass is 10.1. The molecule has 0 spiro atoms. The Kier molecular flexibility index (Phi) is 3.81. The van der Waals surface area contributed by atoms with Crippen molar-refractivity contribution in [3.63, 3.8) is 0 Å². The smallest absolute Gasteiger partial charge is 0.179 e. The van der Waals surface area contributed by atoms with Gasteiger partial charge in [-0.2, -0.15) is 0 Å². The Balaban J connectivity index is 2.36. The summed E-state index contributed by atoms with van der Waals surface area (Å²) in [5.41, 5.74) is 5.33. The molecule has 0 saturated carbocycles. The molecule has 0 unspecified atom stereocenters. The highest BCUT2D eigenvalue weighted by atomic mass is 28.3. The van der Waals surface area contributed by atoms with Crippen LogP contribution in [0.5, 0.6) is 0 Å². The second-order valence-corrected chi connectivity index (χ2v) is 9.97. The number of hydrogen-bond acceptors (Lipinski definition) is 1. The maximum absolute atomic E-state index is 3.84. The molecule has 0 radical (unpaired) electrons. The van der Waals surface area contributed by atoms with Crippen LogP contribution in [0.15, 0.2) is 42.5 Å². The summed E-state index contributed by atoms with van der Waals surface area (Å²) in [6.07, 6.45) is 0. The van der Waals surface area contributed by atoms with Gasteiger partial charge < -0.3 is 4.98 Å². The van der Waals surface area contributed by atoms with E-state index in [9.17, 15) is 0 Å². The highest BCUT2D eigenvalue weighted by Crippen LogP contribution is 2.24. The van der Waals surface area contributed by atoms with Crippen LogP contribution in [0.3, 0.4) is 0 Å². The molecule has 0 aliphatic rings. The lowest BCUT2D eigenvalue weighted by Gasteiger charge is -2.28. The van der Waals surface area contributed by atoms with Crippen molar-refractivity contribution in [1.29, 1.82) is 0 Å². The summed E-state index contributed by atoms with van der Waals surface area (Å²) in [4.78, 5) is 3.84. The quantitative estimate of drug-likeness (QED) is 0.826. The maximum atomic E-state index is 3.84. The molecular weight excluding hydrogens is 246 g/mol. The van der Waals surface area contributed by atoms with Gasteiger partial charge in [-0.15, -0.1) is 0 Å². The van der Waals surface area contributed by atoms with Gasteiger partial charge in [0.1, 0.15) is 0 Å². The first-order valence-corrected chi connectivity index (χ1v) is 9.82. The van der Waals surface area contributed by atoms with E-state index in [1.165, 1.54) is 27.6 Å². The van der Waals surface area contributed by atoms with E-state index in [0.29, 0.717) is 0 Å². The van der Waals surface area contributed by atoms with Crippen molar-refractivity contribution in [3.8, 4) is 0 Å². The van der Waals surface area contributed by atoms with Gasteiger partial charge in [0.2, 0.25) is 0 Å². The SMILES string of the molecule is Cc1cc(C)c(N[Si](C)(C)c2ccccc2)c(C)c1. The summed E-state index contributed by atoms with van der Waals surface area (Å²) in [5, 5.41) is 1.44. The first kappa shape index (κ1) is 13.9. The van der Waals surface area contributed by atoms with Crippen LogP contribution in [0.4, 0.5) is 5.69 Å². The zero-order chi connectivity index (χ0) is 14.0. The van der Waals surface area contributed by atoms with Crippen molar-refractivity contribution in [1.82, 2.24) is 0 Å². The Labute approximate surface area is 117 Å². The van der Waals surface area contributed by atoms with Crippen LogP contribution in [-0.4, -0.2) is 8.24 Å². The van der Waals surface area contributed by atoms with E-state index in [4.69, 9.17) is 0 Å². The number of aryl methyl sites for hydroxylation is 3. The predicted octanol–water partition coefficient (Wildman–Crippen LogP) is 4.14. The lowest BCUT2D eigenvalue weighted by molar-refractivity contribution is 1.32. The van der Waals surface area contributed by atoms with Crippen LogP contribution in [0.2, 0.25) is 13.1 Å². The molecule has 0 aliphatic heterocycles. The highest BCUT2D eigenvalue weighted by molar-refractivity contribution is 6.92. The normalized spacial score (nSPS) is 11.4. The third kappa shape index (κ3) is 3.07. The molecule has 0 saturated heterocycles. The predicted molar refractivity (Wildman–Crippen MR) is 87.8 cm³/mol. The van der Waals surface area contributed by atoms with Gasteiger partial charge in [-0.25, -0.2) is 0 Å². The molecule has 0 bridgehead atoms. The Morgan fingerprint density at radius 3 is 1.89 bits per heavy atom. The Morgan fingerprint density at radius 1 is 0.842 bits per heavy atom. The monoisotopic (exact) mass is 269 g/mol. The molecule has 0 aromatic heterocycles. The molecule has 100 valence electrons. The van der Waals surface area contributed by atoms with Gasteiger partial charge >= 0.3 is 0 Å². The number of anilines is 1. The van der Waals surface area contributed by atoms with Crippen LogP contribution < -0.4 is 10.2 Å². The Hall–Kier alpha value is -1.54. The fraction of sp³-hybridized carbons (Fsp3) is 0.294. The number of hydrogen-bond donors (Lipinski definition) is 1. The van der Waals surface area contributed by atoms with E-state index in [1.54, 1.807) is 0 Å². The van der Waals surface area contributed by atoms with E-state index >= 15 is 0 Å². The molecule has 0 heterocycles. The summed E-state index contributed by atoms with van der Waals surface area (Å²) < 4.78 is 0. The van der Waals surface area contributed by atoms with Gasteiger partial charge in [-0.05, 0) is 50.2 Å². The van der Waals surface area contributed by atoms with E-state index in [0.717, 1.165) is 0 Å². The third-order valence-electron chi connectivity index (χ3n) is 3.61. The van der Waals surface area contributed by atoms with Crippen LogP contribution in [-0.2, 0) is 0 Å². The van der Waals surface area contributed by atoms with Crippen LogP contribution in [0, 0.1) is 20.8 Å². The Morgan fingerprint density at radius 2 is 1.37 bits per heavy atom. The summed E-state index contributed by atoms with van der Waals surface area (Å²) in [7, 11) is -1.65. The van der Waals surface area contributed by atoms with Gasteiger partial charge in [-0.3, -0.25) is 0 Å². The maximum Gasteiger partial charge on any atom is 0.179 e. The molecular formula is C17H23NSi. The van der Waals surface area contributed by atoms with Crippen molar-refractivity contribution in [3.05, 3.63) is 59.2 Å². The minimum atomic E-state index is -1.65. The van der Waals surface area contributed by atoms with Crippen molar-refractivity contribution < 1.29 is 0 Å². The molecule has 1 nitrogen and oxygen atoms in total. The van der Waals surface area contributed by atoms with E-state index in [1.807, 2.05) is 0 Å². The van der Waals surface area contributed by atoms with Gasteiger partial charge in [0.05, 0.1) is 0 Å². The van der Waals surface area contributed by atoms with E-state index in [2.05, 4.69) is 81.3 Å². The van der Waals surface area contributed by atoms with Crippen molar-refractivity contribution in [2.45, 2.75) is 33.9 Å². The third-order valence-corrected chi connectivity index (χ3v) is 6.26. The molecule has 2 heteroatoms. The van der Waals surface area contributed by atoms with Gasteiger partial charge in [0.25, 0.3) is 0 Å². The topological polar surface area (TPSA) is 12.0 Å². The van der Waals surface area contributed by atoms with E-state index < -0.39 is 8.24 Å². The Bertz CT molecular complexity index is 550. The first-order valence-electron chi connectivity index (χ1n) is 6.82. The second kappa shape index (κ2) is 5.22. The van der Waals surface area contributed by atoms with Crippen LogP contribution in [0.25, 0.3) is 0 Å². The minimum absolute atomic E-state index is 1.31. The first-order chi connectivity index (χ1) is 8.90. The van der Waals surface area contributed by atoms with Crippen LogP contribution in [0.1, 0.15) is 16.7 Å². The molecule has 0 atom stereocenters. The van der Waals surface area contributed by atoms with E-state index in [-0.39, 0.29) is 0 Å². The van der Waals surface area contributed by atoms with Crippen molar-refractivity contribution in [2.75, 3.05) is 4.98 Å². The summed E-state index contributed by atoms with van der Waals surface area (Å²) in [6.45, 7) is 11.3. The zero-order valence-electron chi connectivity index (χ0n) is 12.5. The van der Waals surface area contributed by atoms with Gasteiger partial charge in [-0.1, -0.05) is 48.0 Å². The summed E-state index contributed by atoms with van der Waals surface area (Å²) >= 11 is 0. The molecule has 2 rings (SSSR count). The highest BCUT2D eigenvalue weighted by Gasteiger charge is 2.24. The average molecular weight is 269 g/mol. The average Bonchev–Trinajstić information content (AvgIpc) is 2.35. The fourth-order valence-electron chi connectivity index (χ4n) is 2.62. The minimum Gasteiger partial charge on any atom is -0.407 e. The largest absolute Gasteiger partial charge is 0.407 e. The van der Waals surface area contributed by atoms with Crippen molar-refractivity contribution in [2.24, 2.45) is 0 Å². The molecule has 19 heavy (non-hydrogen) atoms. The zero-order valence-corrected chi connectivity index (χ0v) is 13.5. The molecule has 2 aromatic rings. The summed E-state index contributed by atoms with van der Waals surface area (Å²) in [5.74, 6) is 0. The van der Waals surface area contributed by atoms with Crippen molar-refractivity contribution >= 4 is 19.1 Å². The second-order valence-electron chi connectivity index (χ2n) is 5.89. The standard InChI is InChI=1S/C17H23NSi/c1-13-11-14(2)17(15(3)12-13)18-19(4,5)16-9-7-6-8-10-16/h6-12,18H,1-5H3. The fourth-order valence-corrected chi connectivity index (χ4v) is 4.81. The summed E-state index contributed by atoms with van der Waals surface area (Å²) in [6, 6.07) is 15.3. The number of nitrogens with one attached hydrogen (secondary N) is 1. The molecule has 1 N–H and O–H groups in total. The number of benzene rings is 2. The van der Waals surface area contributed by atoms with Gasteiger partial charge in [0.15, 0.2) is 8.24 Å². The molecule has 0 fully saturated rings. The van der Waals surface area contributed by atoms with Crippen LogP contribution >= 0.6 is 0 Å². The lowest BCUT2D eigenvalue weighted by Crippen LogP contribution is -2.49. The molecule has 0 aliphatic carbocycles. The molecule has 2 aromatic carbocycles.